The van der Waals surface area contributed by atoms with Crippen LogP contribution in [0.3, 0.4) is 0 Å². The van der Waals surface area contributed by atoms with E-state index in [0.29, 0.717) is 11.5 Å². The summed E-state index contributed by atoms with van der Waals surface area (Å²) >= 11 is 0. The van der Waals surface area contributed by atoms with Gasteiger partial charge in [-0.05, 0) is 24.6 Å². The van der Waals surface area contributed by atoms with Crippen molar-refractivity contribution < 1.29 is 17.5 Å². The topological polar surface area (TPSA) is 141 Å². The van der Waals surface area contributed by atoms with E-state index in [9.17, 15) is 13.0 Å². The lowest BCUT2D eigenvalue weighted by Crippen LogP contribution is -2.28. The molecule has 0 atom stereocenters. The van der Waals surface area contributed by atoms with Crippen molar-refractivity contribution in [1.29, 1.82) is 0 Å². The zero-order chi connectivity index (χ0) is 18.9. The van der Waals surface area contributed by atoms with Crippen LogP contribution in [-0.4, -0.2) is 13.6 Å². The van der Waals surface area contributed by atoms with Crippen LogP contribution in [0.1, 0.15) is 5.76 Å². The number of aromatic nitrogens is 1. The molecule has 0 fully saturated rings. The fourth-order valence-corrected chi connectivity index (χ4v) is 4.97. The number of benzene rings is 2. The van der Waals surface area contributed by atoms with Crippen molar-refractivity contribution in [2.75, 3.05) is 0 Å². The lowest BCUT2D eigenvalue weighted by Gasteiger charge is -2.10. The number of rotatable bonds is 5. The van der Waals surface area contributed by atoms with Gasteiger partial charge in [-0.15, -0.1) is 4.49 Å². The summed E-state index contributed by atoms with van der Waals surface area (Å²) in [6.45, 7) is 1.78. The molecule has 0 saturated heterocycles. The highest BCUT2D eigenvalue weighted by molar-refractivity contribution is 7.95. The van der Waals surface area contributed by atoms with E-state index in [-0.39, 0.29) is 4.90 Å². The highest BCUT2D eigenvalue weighted by Gasteiger charge is 2.23. The van der Waals surface area contributed by atoms with Crippen molar-refractivity contribution in [1.82, 2.24) is 9.65 Å². The first-order valence-corrected chi connectivity index (χ1v) is 10.8. The second-order valence-electron chi connectivity index (χ2n) is 5.66. The van der Waals surface area contributed by atoms with Gasteiger partial charge in [0, 0.05) is 5.56 Å². The Balaban J connectivity index is 2.01. The maximum absolute atomic E-state index is 12.1. The van der Waals surface area contributed by atoms with Gasteiger partial charge >= 0.3 is 0 Å². The van der Waals surface area contributed by atoms with Crippen LogP contribution < -0.4 is 15.5 Å². The normalized spacial score (nSPS) is 12.3. The van der Waals surface area contributed by atoms with E-state index >= 15 is 0 Å². The van der Waals surface area contributed by atoms with Gasteiger partial charge in [-0.25, -0.2) is 8.42 Å². The molecule has 1 heterocycles. The van der Waals surface area contributed by atoms with Gasteiger partial charge in [0.2, 0.25) is 10.0 Å². The van der Waals surface area contributed by atoms with Crippen LogP contribution in [0.15, 0.2) is 64.0 Å². The van der Waals surface area contributed by atoms with Gasteiger partial charge in [0.15, 0.2) is 0 Å². The molecule has 0 spiro atoms. The number of nitrogens with zero attached hydrogens (tertiary/aromatic N) is 1. The number of sulfonamides is 1. The fraction of sp³-hybridized carbons (Fsp3) is 0.0625. The smallest absolute Gasteiger partial charge is 0.287 e. The Morgan fingerprint density at radius 2 is 1.62 bits per heavy atom. The van der Waals surface area contributed by atoms with Gasteiger partial charge in [0.1, 0.15) is 11.5 Å². The van der Waals surface area contributed by atoms with E-state index in [1.54, 1.807) is 23.5 Å². The summed E-state index contributed by atoms with van der Waals surface area (Å²) in [6.07, 6.45) is 0. The molecule has 0 saturated carbocycles. The zero-order valence-corrected chi connectivity index (χ0v) is 15.5. The molecule has 0 unspecified atom stereocenters. The Morgan fingerprint density at radius 3 is 2.19 bits per heavy atom. The second-order valence-corrected chi connectivity index (χ2v) is 9.28. The van der Waals surface area contributed by atoms with E-state index in [0.717, 1.165) is 16.7 Å². The van der Waals surface area contributed by atoms with Crippen LogP contribution in [0, 0.1) is 6.92 Å². The third-order valence-electron chi connectivity index (χ3n) is 3.63. The molecule has 10 heteroatoms. The van der Waals surface area contributed by atoms with Crippen molar-refractivity contribution in [3.63, 3.8) is 0 Å². The van der Waals surface area contributed by atoms with Crippen molar-refractivity contribution >= 4 is 17.6 Å². The van der Waals surface area contributed by atoms with Crippen molar-refractivity contribution in [2.24, 2.45) is 11.0 Å². The third kappa shape index (κ3) is 3.92. The quantitative estimate of drug-likeness (QED) is 0.567. The van der Waals surface area contributed by atoms with Crippen LogP contribution in [0.5, 0.6) is 0 Å². The molecule has 0 amide bonds. The first-order valence-electron chi connectivity index (χ1n) is 7.51. The van der Waals surface area contributed by atoms with Gasteiger partial charge in [0.05, 0.1) is 10.5 Å². The SMILES string of the molecule is Cc1onc(-c2ccccc2)c1-c1ccc(S(=O)(=O)NP(N)(N)=O)cc1. The average molecular weight is 392 g/mol. The van der Waals surface area contributed by atoms with E-state index in [4.69, 9.17) is 15.5 Å². The summed E-state index contributed by atoms with van der Waals surface area (Å²) < 4.78 is 42.7. The maximum Gasteiger partial charge on any atom is 0.287 e. The highest BCUT2D eigenvalue weighted by atomic mass is 32.2. The lowest BCUT2D eigenvalue weighted by molar-refractivity contribution is 0.400. The number of hydrogen-bond donors (Lipinski definition) is 3. The van der Waals surface area contributed by atoms with E-state index < -0.39 is 17.6 Å². The van der Waals surface area contributed by atoms with Crippen molar-refractivity contribution in [2.45, 2.75) is 11.8 Å². The van der Waals surface area contributed by atoms with E-state index in [2.05, 4.69) is 5.16 Å². The average Bonchev–Trinajstić information content (AvgIpc) is 2.95. The molecule has 136 valence electrons. The van der Waals surface area contributed by atoms with Gasteiger partial charge in [-0.3, -0.25) is 15.6 Å². The molecule has 0 radical (unpaired) electrons. The van der Waals surface area contributed by atoms with Crippen LogP contribution in [-0.2, 0) is 14.6 Å². The molecule has 3 rings (SSSR count). The number of hydrogen-bond acceptors (Lipinski definition) is 5. The minimum atomic E-state index is -4.08. The van der Waals surface area contributed by atoms with Gasteiger partial charge in [-0.1, -0.05) is 47.6 Å². The first-order chi connectivity index (χ1) is 12.2. The van der Waals surface area contributed by atoms with Gasteiger partial charge in [0.25, 0.3) is 7.59 Å². The molecular weight excluding hydrogens is 375 g/mol. The molecule has 0 aliphatic rings. The van der Waals surface area contributed by atoms with E-state index in [1.165, 1.54) is 12.1 Å². The molecule has 5 N–H and O–H groups in total. The minimum absolute atomic E-state index is 0.104. The van der Waals surface area contributed by atoms with Crippen molar-refractivity contribution in [3.05, 3.63) is 60.4 Å². The fourth-order valence-electron chi connectivity index (χ4n) is 2.55. The summed E-state index contributed by atoms with van der Waals surface area (Å²) in [5.74, 6) is 0.603. The van der Waals surface area contributed by atoms with Gasteiger partial charge in [-0.2, -0.15) is 0 Å². The maximum atomic E-state index is 12.1. The molecule has 0 bridgehead atoms. The molecule has 0 aliphatic heterocycles. The largest absolute Gasteiger partial charge is 0.360 e. The third-order valence-corrected chi connectivity index (χ3v) is 6.62. The summed E-state index contributed by atoms with van der Waals surface area (Å²) in [7, 11) is -8.01. The van der Waals surface area contributed by atoms with E-state index in [1.807, 2.05) is 30.3 Å². The molecule has 3 aromatic rings. The number of nitrogens with one attached hydrogen (secondary N) is 1. The Morgan fingerprint density at radius 1 is 1.00 bits per heavy atom. The van der Waals surface area contributed by atoms with Crippen LogP contribution in [0.2, 0.25) is 0 Å². The highest BCUT2D eigenvalue weighted by Crippen LogP contribution is 2.34. The van der Waals surface area contributed by atoms with Crippen molar-refractivity contribution in [3.8, 4) is 22.4 Å². The molecule has 1 aromatic heterocycles. The Kier molecular flexibility index (Phi) is 4.83. The number of nitrogens with two attached hydrogens (primary N) is 2. The Bertz CT molecular complexity index is 1070. The predicted octanol–water partition coefficient (Wildman–Crippen LogP) is 2.62. The van der Waals surface area contributed by atoms with Gasteiger partial charge < -0.3 is 4.52 Å². The molecule has 2 aromatic carbocycles. The number of aryl methyl sites for hydroxylation is 1. The molecule has 26 heavy (non-hydrogen) atoms. The summed E-state index contributed by atoms with van der Waals surface area (Å²) in [5, 5.41) is 4.11. The Labute approximate surface area is 150 Å². The predicted molar refractivity (Wildman–Crippen MR) is 98.4 cm³/mol. The monoisotopic (exact) mass is 392 g/mol. The zero-order valence-electron chi connectivity index (χ0n) is 13.8. The molecular formula is C16H17N4O4PS. The molecule has 0 aliphatic carbocycles. The minimum Gasteiger partial charge on any atom is -0.360 e. The summed E-state index contributed by atoms with van der Waals surface area (Å²) in [6, 6.07) is 15.5. The first kappa shape index (κ1) is 18.5. The summed E-state index contributed by atoms with van der Waals surface area (Å²) in [5.41, 5.74) is 13.2. The Hall–Kier alpha value is -2.29. The van der Waals surface area contributed by atoms with Crippen LogP contribution >= 0.6 is 7.59 Å². The lowest BCUT2D eigenvalue weighted by atomic mass is 10.00. The molecule has 8 nitrogen and oxygen atoms in total. The van der Waals surface area contributed by atoms with Crippen LogP contribution in [0.4, 0.5) is 0 Å². The van der Waals surface area contributed by atoms with Crippen LogP contribution in [0.25, 0.3) is 22.4 Å². The standard InChI is InChI=1S/C16H17N4O4PS/c1-11-15(16(19-24-11)13-5-3-2-4-6-13)12-7-9-14(10-8-12)26(22,23)20-25(17,18)21/h2-10H,1H3,(H5,17,18,20,21). The summed E-state index contributed by atoms with van der Waals surface area (Å²) in [4.78, 5) is -0.104. The second kappa shape index (κ2) is 6.79.